The molecule has 1 atom stereocenters. The summed E-state index contributed by atoms with van der Waals surface area (Å²) in [5.41, 5.74) is 0.367. The smallest absolute Gasteiger partial charge is 0.342 e. The van der Waals surface area contributed by atoms with Crippen molar-refractivity contribution < 1.29 is 24.0 Å². The van der Waals surface area contributed by atoms with Gasteiger partial charge in [0.15, 0.2) is 6.61 Å². The van der Waals surface area contributed by atoms with Crippen molar-refractivity contribution in [2.45, 2.75) is 13.0 Å². The monoisotopic (exact) mass is 392 g/mol. The molecule has 0 bridgehead atoms. The minimum absolute atomic E-state index is 0.110. The maximum atomic E-state index is 12.2. The highest BCUT2D eigenvalue weighted by molar-refractivity contribution is 6.30. The Hall–Kier alpha value is -3.13. The minimum atomic E-state index is -0.902. The largest absolute Gasteiger partial charge is 0.496 e. The summed E-state index contributed by atoms with van der Waals surface area (Å²) in [6.07, 6.45) is 0. The maximum Gasteiger partial charge on any atom is 0.342 e. The fourth-order valence-electron chi connectivity index (χ4n) is 2.32. The van der Waals surface area contributed by atoms with Crippen LogP contribution in [0.4, 0.5) is 5.69 Å². The zero-order chi connectivity index (χ0) is 20.0. The Morgan fingerprint density at radius 2 is 2.00 bits per heavy atom. The standard InChI is InChI=1S/C18H17ClN2O6/c1-11(12-4-3-5-13(19)8-12)20-17(22)10-27-18(23)15-9-14(21(24)25)6-7-16(15)26-2/h3-9,11H,10H2,1-2H3,(H,20,22)/t11-/m0/s1. The quantitative estimate of drug-likeness (QED) is 0.440. The molecule has 0 unspecified atom stereocenters. The summed E-state index contributed by atoms with van der Waals surface area (Å²) in [5.74, 6) is -1.32. The summed E-state index contributed by atoms with van der Waals surface area (Å²) >= 11 is 5.92. The lowest BCUT2D eigenvalue weighted by Gasteiger charge is -2.15. The fraction of sp³-hybridized carbons (Fsp3) is 0.222. The third-order valence-corrected chi connectivity index (χ3v) is 3.91. The van der Waals surface area contributed by atoms with Crippen LogP contribution in [-0.4, -0.2) is 30.5 Å². The summed E-state index contributed by atoms with van der Waals surface area (Å²) in [6.45, 7) is 1.21. The van der Waals surface area contributed by atoms with E-state index in [1.54, 1.807) is 31.2 Å². The Morgan fingerprint density at radius 1 is 1.26 bits per heavy atom. The number of hydrogen-bond donors (Lipinski definition) is 1. The minimum Gasteiger partial charge on any atom is -0.496 e. The van der Waals surface area contributed by atoms with E-state index in [4.69, 9.17) is 21.1 Å². The Labute approximate surface area is 160 Å². The van der Waals surface area contributed by atoms with Gasteiger partial charge in [0.05, 0.1) is 18.1 Å². The molecule has 2 aromatic carbocycles. The van der Waals surface area contributed by atoms with Crippen LogP contribution in [0.1, 0.15) is 28.9 Å². The average Bonchev–Trinajstić information content (AvgIpc) is 2.65. The Morgan fingerprint density at radius 3 is 2.63 bits per heavy atom. The van der Waals surface area contributed by atoms with Crippen molar-refractivity contribution in [3.8, 4) is 5.75 Å². The van der Waals surface area contributed by atoms with Gasteiger partial charge < -0.3 is 14.8 Å². The molecular formula is C18H17ClN2O6. The molecule has 0 heterocycles. The van der Waals surface area contributed by atoms with Crippen molar-refractivity contribution >= 4 is 29.2 Å². The first-order valence-electron chi connectivity index (χ1n) is 7.86. The number of amides is 1. The Balaban J connectivity index is 1.99. The summed E-state index contributed by atoms with van der Waals surface area (Å²) in [7, 11) is 1.32. The average molecular weight is 393 g/mol. The second-order valence-corrected chi connectivity index (χ2v) is 6.00. The van der Waals surface area contributed by atoms with Gasteiger partial charge in [0, 0.05) is 17.2 Å². The molecule has 0 saturated carbocycles. The number of ether oxygens (including phenoxy) is 2. The lowest BCUT2D eigenvalue weighted by molar-refractivity contribution is -0.384. The Kier molecular flexibility index (Phi) is 6.73. The number of esters is 1. The molecule has 0 aromatic heterocycles. The zero-order valence-corrected chi connectivity index (χ0v) is 15.4. The second-order valence-electron chi connectivity index (χ2n) is 5.56. The number of carbonyl (C=O) groups excluding carboxylic acids is 2. The van der Waals surface area contributed by atoms with Gasteiger partial charge in [-0.3, -0.25) is 14.9 Å². The molecule has 2 rings (SSSR count). The SMILES string of the molecule is COc1ccc([N+](=O)[O-])cc1C(=O)OCC(=O)N[C@@H](C)c1cccc(Cl)c1. The summed E-state index contributed by atoms with van der Waals surface area (Å²) < 4.78 is 9.95. The van der Waals surface area contributed by atoms with Crippen LogP contribution in [0.2, 0.25) is 5.02 Å². The topological polar surface area (TPSA) is 108 Å². The molecule has 8 nitrogen and oxygen atoms in total. The van der Waals surface area contributed by atoms with Crippen LogP contribution in [0.15, 0.2) is 42.5 Å². The normalized spacial score (nSPS) is 11.4. The van der Waals surface area contributed by atoms with Gasteiger partial charge in [0.2, 0.25) is 0 Å². The second kappa shape index (κ2) is 9.00. The first kappa shape index (κ1) is 20.2. The van der Waals surface area contributed by atoms with E-state index in [2.05, 4.69) is 5.32 Å². The third-order valence-electron chi connectivity index (χ3n) is 3.67. The fourth-order valence-corrected chi connectivity index (χ4v) is 2.52. The third kappa shape index (κ3) is 5.42. The van der Waals surface area contributed by atoms with Crippen molar-refractivity contribution in [1.82, 2.24) is 5.32 Å². The van der Waals surface area contributed by atoms with E-state index in [9.17, 15) is 19.7 Å². The van der Waals surface area contributed by atoms with Gasteiger partial charge in [-0.2, -0.15) is 0 Å². The number of hydrogen-bond acceptors (Lipinski definition) is 6. The van der Waals surface area contributed by atoms with Crippen LogP contribution in [0.3, 0.4) is 0 Å². The molecule has 0 aliphatic heterocycles. The summed E-state index contributed by atoms with van der Waals surface area (Å²) in [5, 5.41) is 14.1. The van der Waals surface area contributed by atoms with E-state index in [-0.39, 0.29) is 23.0 Å². The molecule has 1 N–H and O–H groups in total. The summed E-state index contributed by atoms with van der Waals surface area (Å²) in [6, 6.07) is 10.2. The van der Waals surface area contributed by atoms with Gasteiger partial charge in [0.25, 0.3) is 11.6 Å². The number of nitro groups is 1. The van der Waals surface area contributed by atoms with Crippen LogP contribution in [0.25, 0.3) is 0 Å². The van der Waals surface area contributed by atoms with E-state index in [1.807, 2.05) is 0 Å². The molecule has 27 heavy (non-hydrogen) atoms. The molecule has 0 radical (unpaired) electrons. The molecule has 0 fully saturated rings. The number of methoxy groups -OCH3 is 1. The first-order valence-corrected chi connectivity index (χ1v) is 8.24. The van der Waals surface area contributed by atoms with Crippen molar-refractivity contribution in [2.24, 2.45) is 0 Å². The van der Waals surface area contributed by atoms with Crippen molar-refractivity contribution in [3.05, 3.63) is 68.7 Å². The molecule has 142 valence electrons. The van der Waals surface area contributed by atoms with Gasteiger partial charge in [-0.25, -0.2) is 4.79 Å². The molecular weight excluding hydrogens is 376 g/mol. The van der Waals surface area contributed by atoms with Gasteiger partial charge >= 0.3 is 5.97 Å². The van der Waals surface area contributed by atoms with Gasteiger partial charge in [-0.1, -0.05) is 23.7 Å². The number of nitro benzene ring substituents is 1. The summed E-state index contributed by atoms with van der Waals surface area (Å²) in [4.78, 5) is 34.4. The number of non-ortho nitro benzene ring substituents is 1. The molecule has 0 saturated heterocycles. The van der Waals surface area contributed by atoms with Crippen LogP contribution in [0, 0.1) is 10.1 Å². The van der Waals surface area contributed by atoms with Gasteiger partial charge in [-0.05, 0) is 30.7 Å². The molecule has 0 spiro atoms. The number of halogens is 1. The number of nitrogens with one attached hydrogen (secondary N) is 1. The van der Waals surface area contributed by atoms with Crippen LogP contribution in [0.5, 0.6) is 5.75 Å². The van der Waals surface area contributed by atoms with Crippen molar-refractivity contribution in [2.75, 3.05) is 13.7 Å². The number of rotatable bonds is 7. The van der Waals surface area contributed by atoms with Crippen LogP contribution in [-0.2, 0) is 9.53 Å². The highest BCUT2D eigenvalue weighted by atomic mass is 35.5. The van der Waals surface area contributed by atoms with Crippen molar-refractivity contribution in [1.29, 1.82) is 0 Å². The zero-order valence-electron chi connectivity index (χ0n) is 14.6. The molecule has 9 heteroatoms. The molecule has 1 amide bonds. The van der Waals surface area contributed by atoms with Crippen molar-refractivity contribution in [3.63, 3.8) is 0 Å². The molecule has 2 aromatic rings. The highest BCUT2D eigenvalue weighted by Gasteiger charge is 2.20. The van der Waals surface area contributed by atoms with E-state index in [1.165, 1.54) is 19.2 Å². The van der Waals surface area contributed by atoms with E-state index in [0.717, 1.165) is 11.6 Å². The van der Waals surface area contributed by atoms with E-state index >= 15 is 0 Å². The van der Waals surface area contributed by atoms with E-state index < -0.39 is 23.4 Å². The molecule has 0 aliphatic rings. The number of carbonyl (C=O) groups is 2. The predicted octanol–water partition coefficient (Wildman–Crippen LogP) is 3.29. The maximum absolute atomic E-state index is 12.2. The lowest BCUT2D eigenvalue weighted by Crippen LogP contribution is -2.31. The van der Waals surface area contributed by atoms with Crippen LogP contribution >= 0.6 is 11.6 Å². The predicted molar refractivity (Wildman–Crippen MR) is 97.9 cm³/mol. The highest BCUT2D eigenvalue weighted by Crippen LogP contribution is 2.24. The molecule has 0 aliphatic carbocycles. The number of benzene rings is 2. The number of nitrogens with zero attached hydrogens (tertiary/aromatic N) is 1. The Bertz CT molecular complexity index is 871. The van der Waals surface area contributed by atoms with E-state index in [0.29, 0.717) is 5.02 Å². The lowest BCUT2D eigenvalue weighted by atomic mass is 10.1. The van der Waals surface area contributed by atoms with Gasteiger partial charge in [-0.15, -0.1) is 0 Å². The first-order chi connectivity index (χ1) is 12.8. The van der Waals surface area contributed by atoms with Crippen LogP contribution < -0.4 is 10.1 Å². The van der Waals surface area contributed by atoms with Gasteiger partial charge in [0.1, 0.15) is 11.3 Å².